The van der Waals surface area contributed by atoms with Gasteiger partial charge in [-0.3, -0.25) is 0 Å². The summed E-state index contributed by atoms with van der Waals surface area (Å²) in [6, 6.07) is 84.5. The molecule has 3 heterocycles. The highest BCUT2D eigenvalue weighted by Crippen LogP contribution is 2.52. The third-order valence-electron chi connectivity index (χ3n) is 12.8. The summed E-state index contributed by atoms with van der Waals surface area (Å²) in [6.45, 7) is 0. The fourth-order valence-electron chi connectivity index (χ4n) is 9.89. The minimum absolute atomic E-state index is 1.10. The Morgan fingerprint density at radius 1 is 0.328 bits per heavy atom. The predicted molar refractivity (Wildman–Crippen MR) is 278 cm³/mol. The maximum absolute atomic E-state index is 2.53. The fourth-order valence-corrected chi connectivity index (χ4v) is 12.5. The van der Waals surface area contributed by atoms with E-state index in [2.05, 4.69) is 240 Å². The third-order valence-corrected chi connectivity index (χ3v) is 15.3. The summed E-state index contributed by atoms with van der Waals surface area (Å²) < 4.78 is 7.52. The SMILES string of the molecule is c1ccc(-c2ccc3c(c2)sc2c(-c4ccccc4)ccc(N(c4ccc(-n5c6ccccc6c6ccccc65)cc4)c4cccc5c4sc4c(-c6ccccc6)cccc45)c23)cc1. The number of hydrogen-bond acceptors (Lipinski definition) is 3. The van der Waals surface area contributed by atoms with Gasteiger partial charge < -0.3 is 9.47 Å². The average Bonchev–Trinajstić information content (AvgIpc) is 4.06. The Morgan fingerprint density at radius 3 is 1.56 bits per heavy atom. The van der Waals surface area contributed by atoms with Crippen LogP contribution in [0.25, 0.3) is 101 Å². The van der Waals surface area contributed by atoms with Gasteiger partial charge in [0.2, 0.25) is 0 Å². The second-order valence-corrected chi connectivity index (χ2v) is 18.5. The molecule has 0 bridgehead atoms. The van der Waals surface area contributed by atoms with Crippen molar-refractivity contribution in [2.24, 2.45) is 0 Å². The molecule has 0 aliphatic carbocycles. The van der Waals surface area contributed by atoms with Gasteiger partial charge in [0.15, 0.2) is 0 Å². The maximum Gasteiger partial charge on any atom is 0.0640 e. The van der Waals surface area contributed by atoms with Gasteiger partial charge in [0, 0.05) is 57.8 Å². The lowest BCUT2D eigenvalue weighted by atomic mass is 9.98. The van der Waals surface area contributed by atoms with Crippen LogP contribution in [-0.4, -0.2) is 4.57 Å². The molecule has 0 amide bonds. The molecule has 4 heteroatoms. The molecule has 300 valence electrons. The summed E-state index contributed by atoms with van der Waals surface area (Å²) >= 11 is 3.80. The molecule has 0 unspecified atom stereocenters. The standard InChI is InChI=1S/C60H38N2S2/c1-4-16-39(17-5-1)42-30-35-51-56(38-42)63-60-46(41-20-8-3-9-21-41)36-37-54(57(51)60)62(44-33-31-43(32-34-44)61-52-27-12-10-22-47(52)48-23-11-13-28-53(48)61)55-29-15-26-50-49-25-14-24-45(58(49)64-59(50)55)40-18-6-2-7-19-40/h1-38H. The third kappa shape index (κ3) is 5.84. The highest BCUT2D eigenvalue weighted by Gasteiger charge is 2.25. The fraction of sp³-hybridized carbons (Fsp3) is 0. The molecular formula is C60H38N2S2. The summed E-state index contributed by atoms with van der Waals surface area (Å²) in [5.41, 5.74) is 14.4. The second-order valence-electron chi connectivity index (χ2n) is 16.4. The molecule has 0 spiro atoms. The topological polar surface area (TPSA) is 8.17 Å². The van der Waals surface area contributed by atoms with Gasteiger partial charge in [0.25, 0.3) is 0 Å². The highest BCUT2D eigenvalue weighted by atomic mass is 32.1. The van der Waals surface area contributed by atoms with Crippen molar-refractivity contribution in [1.82, 2.24) is 4.57 Å². The normalized spacial score (nSPS) is 11.8. The lowest BCUT2D eigenvalue weighted by molar-refractivity contribution is 1.17. The van der Waals surface area contributed by atoms with Crippen LogP contribution in [0.15, 0.2) is 231 Å². The number of para-hydroxylation sites is 2. The Bertz CT molecular complexity index is 3830. The number of fused-ring (bicyclic) bond motifs is 9. The van der Waals surface area contributed by atoms with Gasteiger partial charge >= 0.3 is 0 Å². The van der Waals surface area contributed by atoms with Gasteiger partial charge in [0.1, 0.15) is 0 Å². The summed E-state index contributed by atoms with van der Waals surface area (Å²) in [5, 5.41) is 7.59. The Balaban J connectivity index is 1.08. The van der Waals surface area contributed by atoms with Crippen LogP contribution >= 0.6 is 22.7 Å². The molecule has 0 atom stereocenters. The first-order valence-corrected chi connectivity index (χ1v) is 23.4. The Kier molecular flexibility index (Phi) is 8.61. The lowest BCUT2D eigenvalue weighted by Crippen LogP contribution is -2.11. The lowest BCUT2D eigenvalue weighted by Gasteiger charge is -2.28. The molecule has 13 rings (SSSR count). The van der Waals surface area contributed by atoms with Crippen LogP contribution in [0.1, 0.15) is 0 Å². The van der Waals surface area contributed by atoms with E-state index in [4.69, 9.17) is 0 Å². The van der Waals surface area contributed by atoms with Crippen molar-refractivity contribution in [3.63, 3.8) is 0 Å². The quantitative estimate of drug-likeness (QED) is 0.155. The van der Waals surface area contributed by atoms with Crippen LogP contribution in [-0.2, 0) is 0 Å². The number of anilines is 3. The van der Waals surface area contributed by atoms with Crippen LogP contribution < -0.4 is 4.90 Å². The van der Waals surface area contributed by atoms with E-state index >= 15 is 0 Å². The smallest absolute Gasteiger partial charge is 0.0640 e. The average molecular weight is 851 g/mol. The molecule has 64 heavy (non-hydrogen) atoms. The van der Waals surface area contributed by atoms with Crippen molar-refractivity contribution in [2.75, 3.05) is 4.90 Å². The van der Waals surface area contributed by atoms with E-state index < -0.39 is 0 Å². The number of rotatable bonds is 7. The van der Waals surface area contributed by atoms with Crippen molar-refractivity contribution in [3.05, 3.63) is 231 Å². The van der Waals surface area contributed by atoms with E-state index in [0.717, 1.165) is 22.7 Å². The Hall–Kier alpha value is -7.76. The van der Waals surface area contributed by atoms with Crippen LogP contribution in [0.3, 0.4) is 0 Å². The van der Waals surface area contributed by atoms with Gasteiger partial charge in [0.05, 0.1) is 27.1 Å². The molecule has 0 aliphatic heterocycles. The van der Waals surface area contributed by atoms with Crippen molar-refractivity contribution in [3.8, 4) is 39.1 Å². The Morgan fingerprint density at radius 2 is 0.891 bits per heavy atom. The van der Waals surface area contributed by atoms with Crippen LogP contribution in [0.5, 0.6) is 0 Å². The minimum atomic E-state index is 1.10. The molecule has 2 nitrogen and oxygen atoms in total. The van der Waals surface area contributed by atoms with E-state index in [0.29, 0.717) is 0 Å². The molecule has 3 aromatic heterocycles. The molecule has 0 radical (unpaired) electrons. The van der Waals surface area contributed by atoms with E-state index in [1.165, 1.54) is 95.5 Å². The first kappa shape index (κ1) is 36.9. The van der Waals surface area contributed by atoms with Gasteiger partial charge in [-0.15, -0.1) is 22.7 Å². The number of nitrogens with zero attached hydrogens (tertiary/aromatic N) is 2. The van der Waals surface area contributed by atoms with E-state index in [-0.39, 0.29) is 0 Å². The molecule has 0 saturated carbocycles. The molecule has 0 aliphatic rings. The molecule has 0 saturated heterocycles. The minimum Gasteiger partial charge on any atom is -0.309 e. The summed E-state index contributed by atoms with van der Waals surface area (Å²) in [5.74, 6) is 0. The van der Waals surface area contributed by atoms with Gasteiger partial charge in [-0.05, 0) is 88.0 Å². The Labute approximate surface area is 378 Å². The maximum atomic E-state index is 2.53. The zero-order valence-corrected chi connectivity index (χ0v) is 36.3. The summed E-state index contributed by atoms with van der Waals surface area (Å²) in [6.07, 6.45) is 0. The van der Waals surface area contributed by atoms with Crippen molar-refractivity contribution in [2.45, 2.75) is 0 Å². The number of benzene rings is 10. The van der Waals surface area contributed by atoms with Gasteiger partial charge in [-0.25, -0.2) is 0 Å². The first-order chi connectivity index (χ1) is 31.8. The predicted octanol–water partition coefficient (Wildman–Crippen LogP) is 18.0. The van der Waals surface area contributed by atoms with Crippen molar-refractivity contribution in [1.29, 1.82) is 0 Å². The molecule has 0 fully saturated rings. The van der Waals surface area contributed by atoms with Crippen molar-refractivity contribution < 1.29 is 0 Å². The number of aromatic nitrogens is 1. The molecule has 0 N–H and O–H groups in total. The molecular weight excluding hydrogens is 813 g/mol. The summed E-state index contributed by atoms with van der Waals surface area (Å²) in [7, 11) is 0. The van der Waals surface area contributed by atoms with Crippen LogP contribution in [0.2, 0.25) is 0 Å². The van der Waals surface area contributed by atoms with Gasteiger partial charge in [-0.2, -0.15) is 0 Å². The second kappa shape index (κ2) is 15.0. The molecule has 13 aromatic rings. The van der Waals surface area contributed by atoms with E-state index in [1.807, 2.05) is 22.7 Å². The van der Waals surface area contributed by atoms with Crippen molar-refractivity contribution >= 4 is 102 Å². The van der Waals surface area contributed by atoms with E-state index in [1.54, 1.807) is 0 Å². The highest BCUT2D eigenvalue weighted by molar-refractivity contribution is 7.27. The zero-order valence-electron chi connectivity index (χ0n) is 34.7. The van der Waals surface area contributed by atoms with E-state index in [9.17, 15) is 0 Å². The molecule has 10 aromatic carbocycles. The summed E-state index contributed by atoms with van der Waals surface area (Å²) in [4.78, 5) is 2.53. The largest absolute Gasteiger partial charge is 0.309 e. The monoisotopic (exact) mass is 850 g/mol. The number of thiophene rings is 2. The number of hydrogen-bond donors (Lipinski definition) is 0. The zero-order chi connectivity index (χ0) is 42.1. The van der Waals surface area contributed by atoms with Crippen LogP contribution in [0.4, 0.5) is 17.1 Å². The first-order valence-electron chi connectivity index (χ1n) is 21.8. The van der Waals surface area contributed by atoms with Gasteiger partial charge in [-0.1, -0.05) is 176 Å². The van der Waals surface area contributed by atoms with Crippen LogP contribution in [0, 0.1) is 0 Å².